The molecule has 1 aliphatic heterocycles. The summed E-state index contributed by atoms with van der Waals surface area (Å²) < 4.78 is 5.46. The van der Waals surface area contributed by atoms with Crippen LogP contribution in [-0.4, -0.2) is 29.6 Å². The van der Waals surface area contributed by atoms with Crippen LogP contribution >= 0.6 is 23.5 Å². The number of thioether (sulfide) groups is 2. The number of hydrogen-bond donors (Lipinski definition) is 2. The standard InChI is InChI=1S/C17H17NO3S2/c1-21-15-7-6-13(10-14(15)19)18-16(20)11-2-4-12(5-3-11)17-22-8-9-23-17/h2-7,10,17,19H,8-9H2,1H3,(H,18,20). The largest absolute Gasteiger partial charge is 0.504 e. The van der Waals surface area contributed by atoms with Crippen LogP contribution in [0.2, 0.25) is 0 Å². The molecule has 0 unspecified atom stereocenters. The van der Waals surface area contributed by atoms with Gasteiger partial charge in [0.15, 0.2) is 11.5 Å². The van der Waals surface area contributed by atoms with Crippen molar-refractivity contribution in [3.8, 4) is 11.5 Å². The number of phenols is 1. The predicted molar refractivity (Wildman–Crippen MR) is 96.7 cm³/mol. The molecule has 1 fully saturated rings. The van der Waals surface area contributed by atoms with Crippen molar-refractivity contribution in [3.05, 3.63) is 53.6 Å². The number of amides is 1. The number of nitrogens with one attached hydrogen (secondary N) is 1. The summed E-state index contributed by atoms with van der Waals surface area (Å²) in [6.45, 7) is 0. The SMILES string of the molecule is COc1ccc(NC(=O)c2ccc(C3SCCS3)cc2)cc1O. The summed E-state index contributed by atoms with van der Waals surface area (Å²) in [6, 6.07) is 12.5. The minimum atomic E-state index is -0.201. The molecule has 0 aliphatic carbocycles. The molecule has 1 heterocycles. The fourth-order valence-corrected chi connectivity index (χ4v) is 5.17. The minimum absolute atomic E-state index is 0.00377. The number of phenolic OH excluding ortho intramolecular Hbond substituents is 1. The molecule has 120 valence electrons. The Balaban J connectivity index is 1.69. The molecule has 0 radical (unpaired) electrons. The normalized spacial score (nSPS) is 14.7. The minimum Gasteiger partial charge on any atom is -0.504 e. The van der Waals surface area contributed by atoms with Crippen LogP contribution in [0.25, 0.3) is 0 Å². The maximum Gasteiger partial charge on any atom is 0.255 e. The Morgan fingerprint density at radius 1 is 1.17 bits per heavy atom. The highest BCUT2D eigenvalue weighted by Gasteiger charge is 2.18. The van der Waals surface area contributed by atoms with Gasteiger partial charge in [0.25, 0.3) is 5.91 Å². The lowest BCUT2D eigenvalue weighted by atomic mass is 10.1. The monoisotopic (exact) mass is 347 g/mol. The molecule has 1 aliphatic rings. The van der Waals surface area contributed by atoms with Gasteiger partial charge in [-0.1, -0.05) is 12.1 Å². The van der Waals surface area contributed by atoms with Crippen molar-refractivity contribution in [2.75, 3.05) is 23.9 Å². The van der Waals surface area contributed by atoms with Crippen LogP contribution in [0.5, 0.6) is 11.5 Å². The van der Waals surface area contributed by atoms with Crippen molar-refractivity contribution < 1.29 is 14.6 Å². The van der Waals surface area contributed by atoms with Crippen LogP contribution in [0, 0.1) is 0 Å². The molecule has 23 heavy (non-hydrogen) atoms. The van der Waals surface area contributed by atoms with Crippen molar-refractivity contribution in [2.24, 2.45) is 0 Å². The van der Waals surface area contributed by atoms with Gasteiger partial charge in [0.05, 0.1) is 11.7 Å². The van der Waals surface area contributed by atoms with E-state index in [0.29, 0.717) is 21.6 Å². The molecule has 2 N–H and O–H groups in total. The Hall–Kier alpha value is -1.79. The quantitative estimate of drug-likeness (QED) is 0.871. The summed E-state index contributed by atoms with van der Waals surface area (Å²) >= 11 is 3.88. The smallest absolute Gasteiger partial charge is 0.255 e. The highest BCUT2D eigenvalue weighted by Crippen LogP contribution is 2.45. The molecule has 1 amide bonds. The molecule has 0 aromatic heterocycles. The second-order valence-electron chi connectivity index (χ2n) is 5.04. The van der Waals surface area contributed by atoms with Gasteiger partial charge in [-0.05, 0) is 29.8 Å². The van der Waals surface area contributed by atoms with Crippen LogP contribution in [0.3, 0.4) is 0 Å². The van der Waals surface area contributed by atoms with E-state index in [1.807, 2.05) is 47.8 Å². The highest BCUT2D eigenvalue weighted by molar-refractivity contribution is 8.19. The number of anilines is 1. The molecule has 0 bridgehead atoms. The topological polar surface area (TPSA) is 58.6 Å². The zero-order valence-electron chi connectivity index (χ0n) is 12.6. The number of aromatic hydroxyl groups is 1. The number of benzene rings is 2. The zero-order chi connectivity index (χ0) is 16.2. The molecule has 0 spiro atoms. The lowest BCUT2D eigenvalue weighted by molar-refractivity contribution is 0.102. The molecule has 2 aromatic rings. The van der Waals surface area contributed by atoms with Crippen molar-refractivity contribution in [1.29, 1.82) is 0 Å². The van der Waals surface area contributed by atoms with E-state index in [1.165, 1.54) is 30.2 Å². The van der Waals surface area contributed by atoms with Crippen molar-refractivity contribution >= 4 is 35.1 Å². The lowest BCUT2D eigenvalue weighted by Gasteiger charge is -2.10. The first kappa shape index (κ1) is 16.1. The predicted octanol–water partition coefficient (Wildman–Crippen LogP) is 4.13. The number of rotatable bonds is 4. The Kier molecular flexibility index (Phi) is 5.03. The summed E-state index contributed by atoms with van der Waals surface area (Å²) in [5, 5.41) is 12.5. The van der Waals surface area contributed by atoms with Gasteiger partial charge in [-0.25, -0.2) is 0 Å². The Morgan fingerprint density at radius 3 is 2.48 bits per heavy atom. The first-order valence-corrected chi connectivity index (χ1v) is 9.28. The third kappa shape index (κ3) is 3.76. The summed E-state index contributed by atoms with van der Waals surface area (Å²) in [5.74, 6) is 2.53. The third-order valence-corrected chi connectivity index (χ3v) is 6.61. The number of carbonyl (C=O) groups excluding carboxylic acids is 1. The molecule has 0 atom stereocenters. The number of carbonyl (C=O) groups is 1. The Bertz CT molecular complexity index is 697. The van der Waals surface area contributed by atoms with E-state index in [1.54, 1.807) is 12.1 Å². The van der Waals surface area contributed by atoms with Gasteiger partial charge in [-0.2, -0.15) is 0 Å². The second kappa shape index (κ2) is 7.19. The molecule has 0 saturated carbocycles. The Morgan fingerprint density at radius 2 is 1.87 bits per heavy atom. The van der Waals surface area contributed by atoms with Gasteiger partial charge in [-0.3, -0.25) is 4.79 Å². The van der Waals surface area contributed by atoms with E-state index >= 15 is 0 Å². The maximum absolute atomic E-state index is 12.3. The van der Waals surface area contributed by atoms with Crippen LogP contribution in [0.4, 0.5) is 5.69 Å². The summed E-state index contributed by atoms with van der Waals surface area (Å²) in [5.41, 5.74) is 2.37. The highest BCUT2D eigenvalue weighted by atomic mass is 32.2. The van der Waals surface area contributed by atoms with Crippen LogP contribution in [0.1, 0.15) is 20.5 Å². The van der Waals surface area contributed by atoms with E-state index in [9.17, 15) is 9.90 Å². The van der Waals surface area contributed by atoms with E-state index in [0.717, 1.165) is 0 Å². The van der Waals surface area contributed by atoms with Gasteiger partial charge < -0.3 is 15.2 Å². The van der Waals surface area contributed by atoms with E-state index < -0.39 is 0 Å². The Labute approximate surface area is 143 Å². The van der Waals surface area contributed by atoms with E-state index in [2.05, 4.69) is 5.32 Å². The average molecular weight is 347 g/mol. The van der Waals surface area contributed by atoms with Crippen molar-refractivity contribution in [1.82, 2.24) is 0 Å². The lowest BCUT2D eigenvalue weighted by Crippen LogP contribution is -2.11. The van der Waals surface area contributed by atoms with Gasteiger partial charge >= 0.3 is 0 Å². The fourth-order valence-electron chi connectivity index (χ4n) is 2.31. The maximum atomic E-state index is 12.3. The van der Waals surface area contributed by atoms with Crippen LogP contribution in [-0.2, 0) is 0 Å². The molecule has 2 aromatic carbocycles. The molecular weight excluding hydrogens is 330 g/mol. The first-order chi connectivity index (χ1) is 11.2. The number of methoxy groups -OCH3 is 1. The number of hydrogen-bond acceptors (Lipinski definition) is 5. The van der Waals surface area contributed by atoms with Crippen molar-refractivity contribution in [2.45, 2.75) is 4.58 Å². The molecule has 6 heteroatoms. The van der Waals surface area contributed by atoms with Crippen LogP contribution in [0.15, 0.2) is 42.5 Å². The molecule has 3 rings (SSSR count). The van der Waals surface area contributed by atoms with Crippen LogP contribution < -0.4 is 10.1 Å². The average Bonchev–Trinajstić information content (AvgIpc) is 3.09. The number of ether oxygens (including phenoxy) is 1. The fraction of sp³-hybridized carbons (Fsp3) is 0.235. The molecule has 1 saturated heterocycles. The van der Waals surface area contributed by atoms with Crippen molar-refractivity contribution in [3.63, 3.8) is 0 Å². The van der Waals surface area contributed by atoms with E-state index in [-0.39, 0.29) is 11.7 Å². The second-order valence-corrected chi connectivity index (χ2v) is 7.76. The first-order valence-electron chi connectivity index (χ1n) is 7.19. The summed E-state index contributed by atoms with van der Waals surface area (Å²) in [6.07, 6.45) is 0. The molecule has 4 nitrogen and oxygen atoms in total. The third-order valence-electron chi connectivity index (χ3n) is 3.50. The zero-order valence-corrected chi connectivity index (χ0v) is 14.2. The molecular formula is C17H17NO3S2. The van der Waals surface area contributed by atoms with Gasteiger partial charge in [0.1, 0.15) is 0 Å². The van der Waals surface area contributed by atoms with Gasteiger partial charge in [-0.15, -0.1) is 23.5 Å². The summed E-state index contributed by atoms with van der Waals surface area (Å²) in [7, 11) is 1.48. The summed E-state index contributed by atoms with van der Waals surface area (Å²) in [4.78, 5) is 12.3. The van der Waals surface area contributed by atoms with E-state index in [4.69, 9.17) is 4.74 Å². The van der Waals surface area contributed by atoms with Gasteiger partial charge in [0.2, 0.25) is 0 Å². The van der Waals surface area contributed by atoms with Gasteiger partial charge in [0, 0.05) is 28.8 Å².